The lowest BCUT2D eigenvalue weighted by atomic mass is 9.83. The van der Waals surface area contributed by atoms with Crippen LogP contribution in [0.1, 0.15) is 30.7 Å². The molecule has 1 fully saturated rings. The van der Waals surface area contributed by atoms with Crippen LogP contribution in [0.5, 0.6) is 5.75 Å². The quantitative estimate of drug-likeness (QED) is 0.642. The molecule has 2 aliphatic rings. The van der Waals surface area contributed by atoms with E-state index in [0.717, 1.165) is 44.8 Å². The normalized spacial score (nSPS) is 27.6. The van der Waals surface area contributed by atoms with Gasteiger partial charge >= 0.3 is 0 Å². The molecule has 0 aliphatic carbocycles. The third kappa shape index (κ3) is 2.76. The van der Waals surface area contributed by atoms with Crippen molar-refractivity contribution in [2.45, 2.75) is 31.2 Å². The van der Waals surface area contributed by atoms with Gasteiger partial charge in [0.05, 0.1) is 13.2 Å². The van der Waals surface area contributed by atoms with Gasteiger partial charge in [0.25, 0.3) is 0 Å². The monoisotopic (exact) mass is 262 g/mol. The number of hydrogen-bond donors (Lipinski definition) is 2. The van der Waals surface area contributed by atoms with Gasteiger partial charge in [0.15, 0.2) is 0 Å². The zero-order valence-electron chi connectivity index (χ0n) is 11.2. The Labute approximate surface area is 114 Å². The van der Waals surface area contributed by atoms with Gasteiger partial charge in [-0.05, 0) is 36.8 Å². The van der Waals surface area contributed by atoms with Crippen molar-refractivity contribution in [1.29, 1.82) is 0 Å². The standard InChI is InChI=1S/C15H22N2O2/c16-17-14(12-5-7-18-10-12)9-11-6-8-19-15-4-2-1-3-13(11)15/h1-4,11-12,14,17H,5-10,16H2. The van der Waals surface area contributed by atoms with E-state index >= 15 is 0 Å². The fourth-order valence-electron chi connectivity index (χ4n) is 3.23. The number of ether oxygens (including phenoxy) is 2. The number of benzene rings is 1. The largest absolute Gasteiger partial charge is 0.493 e. The van der Waals surface area contributed by atoms with E-state index in [4.69, 9.17) is 15.3 Å². The molecule has 0 spiro atoms. The fraction of sp³-hybridized carbons (Fsp3) is 0.600. The molecule has 3 rings (SSSR count). The van der Waals surface area contributed by atoms with Crippen molar-refractivity contribution < 1.29 is 9.47 Å². The van der Waals surface area contributed by atoms with Gasteiger partial charge in [-0.3, -0.25) is 11.3 Å². The van der Waals surface area contributed by atoms with Crippen LogP contribution in [-0.4, -0.2) is 25.9 Å². The maximum Gasteiger partial charge on any atom is 0.122 e. The van der Waals surface area contributed by atoms with Crippen LogP contribution in [0.25, 0.3) is 0 Å². The SMILES string of the molecule is NNC(CC1CCOc2ccccc21)C1CCOC1. The first-order chi connectivity index (χ1) is 9.38. The lowest BCUT2D eigenvalue weighted by Crippen LogP contribution is -2.42. The Balaban J connectivity index is 1.72. The Kier molecular flexibility index (Phi) is 4.01. The number of nitrogens with one attached hydrogen (secondary N) is 1. The number of fused-ring (bicyclic) bond motifs is 1. The van der Waals surface area contributed by atoms with Crippen LogP contribution in [0.3, 0.4) is 0 Å². The summed E-state index contributed by atoms with van der Waals surface area (Å²) >= 11 is 0. The topological polar surface area (TPSA) is 56.5 Å². The summed E-state index contributed by atoms with van der Waals surface area (Å²) in [6, 6.07) is 8.69. The molecule has 1 aromatic rings. The maximum atomic E-state index is 5.75. The Morgan fingerprint density at radius 2 is 2.16 bits per heavy atom. The van der Waals surface area contributed by atoms with Crippen LogP contribution >= 0.6 is 0 Å². The lowest BCUT2D eigenvalue weighted by Gasteiger charge is -2.30. The number of hydrazine groups is 1. The highest BCUT2D eigenvalue weighted by molar-refractivity contribution is 5.37. The smallest absolute Gasteiger partial charge is 0.122 e. The molecule has 4 heteroatoms. The third-order valence-corrected chi connectivity index (χ3v) is 4.37. The van der Waals surface area contributed by atoms with Crippen LogP contribution in [0.2, 0.25) is 0 Å². The van der Waals surface area contributed by atoms with E-state index in [2.05, 4.69) is 23.6 Å². The van der Waals surface area contributed by atoms with Crippen LogP contribution in [-0.2, 0) is 4.74 Å². The summed E-state index contributed by atoms with van der Waals surface area (Å²) in [6.07, 6.45) is 3.24. The van der Waals surface area contributed by atoms with Crippen molar-refractivity contribution >= 4 is 0 Å². The first-order valence-corrected chi connectivity index (χ1v) is 7.14. The molecule has 19 heavy (non-hydrogen) atoms. The highest BCUT2D eigenvalue weighted by atomic mass is 16.5. The second-order valence-corrected chi connectivity index (χ2v) is 5.50. The van der Waals surface area contributed by atoms with E-state index in [9.17, 15) is 0 Å². The van der Waals surface area contributed by atoms with Crippen molar-refractivity contribution in [3.05, 3.63) is 29.8 Å². The van der Waals surface area contributed by atoms with Crippen LogP contribution in [0.15, 0.2) is 24.3 Å². The molecule has 3 unspecified atom stereocenters. The Morgan fingerprint density at radius 1 is 1.26 bits per heavy atom. The minimum Gasteiger partial charge on any atom is -0.493 e. The second-order valence-electron chi connectivity index (χ2n) is 5.50. The summed E-state index contributed by atoms with van der Waals surface area (Å²) in [5, 5.41) is 0. The van der Waals surface area contributed by atoms with Crippen LogP contribution in [0, 0.1) is 5.92 Å². The summed E-state index contributed by atoms with van der Waals surface area (Å²) in [4.78, 5) is 0. The molecular weight excluding hydrogens is 240 g/mol. The van der Waals surface area contributed by atoms with Crippen molar-refractivity contribution in [2.24, 2.45) is 11.8 Å². The minimum absolute atomic E-state index is 0.332. The highest BCUT2D eigenvalue weighted by Gasteiger charge is 2.30. The van der Waals surface area contributed by atoms with Gasteiger partial charge in [0.1, 0.15) is 5.75 Å². The molecule has 3 atom stereocenters. The first kappa shape index (κ1) is 12.9. The second kappa shape index (κ2) is 5.90. The van der Waals surface area contributed by atoms with Crippen molar-refractivity contribution in [3.8, 4) is 5.75 Å². The number of para-hydroxylation sites is 1. The van der Waals surface area contributed by atoms with Gasteiger partial charge in [-0.25, -0.2) is 0 Å². The maximum absolute atomic E-state index is 5.75. The molecule has 0 aromatic heterocycles. The van der Waals surface area contributed by atoms with Crippen LogP contribution in [0.4, 0.5) is 0 Å². The van der Waals surface area contributed by atoms with Crippen molar-refractivity contribution in [2.75, 3.05) is 19.8 Å². The van der Waals surface area contributed by atoms with Gasteiger partial charge in [-0.15, -0.1) is 0 Å². The molecule has 0 amide bonds. The Bertz CT molecular complexity index is 418. The molecule has 1 aromatic carbocycles. The minimum atomic E-state index is 0.332. The molecule has 104 valence electrons. The zero-order chi connectivity index (χ0) is 13.1. The molecular formula is C15H22N2O2. The lowest BCUT2D eigenvalue weighted by molar-refractivity contribution is 0.171. The van der Waals surface area contributed by atoms with E-state index in [1.54, 1.807) is 0 Å². The summed E-state index contributed by atoms with van der Waals surface area (Å²) in [7, 11) is 0. The average molecular weight is 262 g/mol. The van der Waals surface area contributed by atoms with Gasteiger partial charge in [-0.1, -0.05) is 18.2 Å². The van der Waals surface area contributed by atoms with Gasteiger partial charge in [-0.2, -0.15) is 0 Å². The highest BCUT2D eigenvalue weighted by Crippen LogP contribution is 2.37. The summed E-state index contributed by atoms with van der Waals surface area (Å²) in [5.74, 6) is 7.87. The summed E-state index contributed by atoms with van der Waals surface area (Å²) in [5.41, 5.74) is 4.33. The Morgan fingerprint density at radius 3 is 2.95 bits per heavy atom. The number of rotatable bonds is 4. The van der Waals surface area contributed by atoms with Gasteiger partial charge < -0.3 is 9.47 Å². The van der Waals surface area contributed by atoms with Gasteiger partial charge in [0, 0.05) is 18.6 Å². The van der Waals surface area contributed by atoms with Crippen LogP contribution < -0.4 is 16.0 Å². The predicted octanol–water partition coefficient (Wildman–Crippen LogP) is 1.81. The van der Waals surface area contributed by atoms with Gasteiger partial charge in [0.2, 0.25) is 0 Å². The molecule has 3 N–H and O–H groups in total. The molecule has 1 saturated heterocycles. The van der Waals surface area contributed by atoms with E-state index in [1.165, 1.54) is 5.56 Å². The molecule has 0 bridgehead atoms. The summed E-state index contributed by atoms with van der Waals surface area (Å²) < 4.78 is 11.2. The number of nitrogens with two attached hydrogens (primary N) is 1. The third-order valence-electron chi connectivity index (χ3n) is 4.37. The molecule has 0 radical (unpaired) electrons. The van der Waals surface area contributed by atoms with E-state index in [0.29, 0.717) is 17.9 Å². The first-order valence-electron chi connectivity index (χ1n) is 7.14. The van der Waals surface area contributed by atoms with Crippen molar-refractivity contribution in [3.63, 3.8) is 0 Å². The predicted molar refractivity (Wildman–Crippen MR) is 73.9 cm³/mol. The van der Waals surface area contributed by atoms with E-state index in [1.807, 2.05) is 6.07 Å². The van der Waals surface area contributed by atoms with E-state index in [-0.39, 0.29) is 0 Å². The zero-order valence-corrected chi connectivity index (χ0v) is 11.2. The summed E-state index contributed by atoms with van der Waals surface area (Å²) in [6.45, 7) is 2.51. The Hall–Kier alpha value is -1.10. The molecule has 0 saturated carbocycles. The molecule has 4 nitrogen and oxygen atoms in total. The average Bonchev–Trinajstić information content (AvgIpc) is 2.99. The molecule has 2 aliphatic heterocycles. The molecule has 2 heterocycles. The van der Waals surface area contributed by atoms with Crippen molar-refractivity contribution in [1.82, 2.24) is 5.43 Å². The fourth-order valence-corrected chi connectivity index (χ4v) is 3.23. The number of hydrogen-bond acceptors (Lipinski definition) is 4. The van der Waals surface area contributed by atoms with E-state index < -0.39 is 0 Å².